The minimum Gasteiger partial charge on any atom is -0.337 e. The van der Waals surface area contributed by atoms with Gasteiger partial charge in [0, 0.05) is 32.4 Å². The van der Waals surface area contributed by atoms with Crippen molar-refractivity contribution in [2.24, 2.45) is 7.05 Å². The number of nitrogens with zero attached hydrogens (tertiary/aromatic N) is 2. The molecule has 0 atom stereocenters. The molecule has 22 heavy (non-hydrogen) atoms. The predicted molar refractivity (Wildman–Crippen MR) is 86.7 cm³/mol. The Bertz CT molecular complexity index is 804. The number of hydrogen-bond donors (Lipinski definition) is 0. The summed E-state index contributed by atoms with van der Waals surface area (Å²) >= 11 is 0. The van der Waals surface area contributed by atoms with E-state index < -0.39 is 0 Å². The highest BCUT2D eigenvalue weighted by molar-refractivity contribution is 5.98. The third kappa shape index (κ3) is 2.48. The molecule has 4 nitrogen and oxygen atoms in total. The lowest BCUT2D eigenvalue weighted by atomic mass is 10.1. The zero-order valence-electron chi connectivity index (χ0n) is 12.7. The molecular weight excluding hydrogens is 276 g/mol. The molecule has 0 radical (unpaired) electrons. The number of aryl methyl sites for hydroxylation is 1. The Kier molecular flexibility index (Phi) is 3.67. The van der Waals surface area contributed by atoms with Crippen LogP contribution in [0, 0.1) is 0 Å². The summed E-state index contributed by atoms with van der Waals surface area (Å²) in [7, 11) is 3.47. The van der Waals surface area contributed by atoms with Crippen molar-refractivity contribution in [1.82, 2.24) is 9.47 Å². The van der Waals surface area contributed by atoms with Crippen LogP contribution < -0.4 is 5.56 Å². The lowest BCUT2D eigenvalue weighted by Gasteiger charge is -2.19. The summed E-state index contributed by atoms with van der Waals surface area (Å²) in [5.41, 5.74) is 3.12. The Labute approximate surface area is 129 Å². The van der Waals surface area contributed by atoms with Crippen LogP contribution in [0.25, 0.3) is 6.08 Å². The second-order valence-electron chi connectivity index (χ2n) is 5.60. The standard InChI is InChI=1S/C18H18N2O2/c1-19(11-13-7-4-3-5-8-13)18(22)16-12-20(2)17(21)15-10-6-9-14(15)16/h3-9,12H,10-11H2,1-2H3. The largest absolute Gasteiger partial charge is 0.337 e. The van der Waals surface area contributed by atoms with E-state index in [1.54, 1.807) is 25.2 Å². The fourth-order valence-electron chi connectivity index (χ4n) is 2.80. The zero-order valence-corrected chi connectivity index (χ0v) is 12.7. The molecule has 2 aromatic rings. The van der Waals surface area contributed by atoms with E-state index in [0.717, 1.165) is 11.1 Å². The summed E-state index contributed by atoms with van der Waals surface area (Å²) in [6.45, 7) is 0.543. The van der Waals surface area contributed by atoms with Gasteiger partial charge in [0.1, 0.15) is 0 Å². The number of pyridine rings is 1. The second-order valence-corrected chi connectivity index (χ2v) is 5.60. The maximum Gasteiger partial charge on any atom is 0.256 e. The number of carbonyl (C=O) groups is 1. The first-order chi connectivity index (χ1) is 10.6. The van der Waals surface area contributed by atoms with Crippen molar-refractivity contribution in [2.75, 3.05) is 7.05 Å². The fourth-order valence-corrected chi connectivity index (χ4v) is 2.80. The number of hydrogen-bond acceptors (Lipinski definition) is 2. The van der Waals surface area contributed by atoms with Gasteiger partial charge in [-0.15, -0.1) is 0 Å². The van der Waals surface area contributed by atoms with E-state index in [2.05, 4.69) is 0 Å². The zero-order chi connectivity index (χ0) is 15.7. The van der Waals surface area contributed by atoms with Crippen LogP contribution >= 0.6 is 0 Å². The molecule has 1 aromatic heterocycles. The molecule has 0 fully saturated rings. The monoisotopic (exact) mass is 294 g/mol. The third-order valence-electron chi connectivity index (χ3n) is 3.96. The number of amides is 1. The van der Waals surface area contributed by atoms with Crippen molar-refractivity contribution in [3.8, 4) is 0 Å². The van der Waals surface area contributed by atoms with Crippen LogP contribution in [0.15, 0.2) is 47.4 Å². The van der Waals surface area contributed by atoms with Gasteiger partial charge in [-0.25, -0.2) is 0 Å². The molecule has 1 aromatic carbocycles. The average Bonchev–Trinajstić information content (AvgIpc) is 3.01. The van der Waals surface area contributed by atoms with Gasteiger partial charge in [0.25, 0.3) is 11.5 Å². The first-order valence-electron chi connectivity index (χ1n) is 7.26. The van der Waals surface area contributed by atoms with Crippen molar-refractivity contribution in [3.05, 3.63) is 75.2 Å². The van der Waals surface area contributed by atoms with Crippen molar-refractivity contribution in [3.63, 3.8) is 0 Å². The Morgan fingerprint density at radius 3 is 2.73 bits per heavy atom. The van der Waals surface area contributed by atoms with E-state index in [-0.39, 0.29) is 11.5 Å². The predicted octanol–water partition coefficient (Wildman–Crippen LogP) is 2.23. The molecule has 4 heteroatoms. The molecular formula is C18H18N2O2. The summed E-state index contributed by atoms with van der Waals surface area (Å²) in [6.07, 6.45) is 6.05. The average molecular weight is 294 g/mol. The van der Waals surface area contributed by atoms with E-state index in [0.29, 0.717) is 24.1 Å². The molecule has 0 aliphatic heterocycles. The first kappa shape index (κ1) is 14.3. The molecule has 112 valence electrons. The van der Waals surface area contributed by atoms with Crippen LogP contribution in [0.2, 0.25) is 0 Å². The Morgan fingerprint density at radius 1 is 1.27 bits per heavy atom. The molecule has 1 heterocycles. The molecule has 0 spiro atoms. The molecule has 1 aliphatic rings. The van der Waals surface area contributed by atoms with Gasteiger partial charge < -0.3 is 9.47 Å². The number of rotatable bonds is 3. The van der Waals surface area contributed by atoms with Gasteiger partial charge in [-0.2, -0.15) is 0 Å². The van der Waals surface area contributed by atoms with Crippen LogP contribution in [0.3, 0.4) is 0 Å². The molecule has 1 aliphatic carbocycles. The highest BCUT2D eigenvalue weighted by Crippen LogP contribution is 2.21. The number of fused-ring (bicyclic) bond motifs is 1. The lowest BCUT2D eigenvalue weighted by Crippen LogP contribution is -2.30. The lowest BCUT2D eigenvalue weighted by molar-refractivity contribution is 0.0784. The Balaban J connectivity index is 1.93. The number of allylic oxidation sites excluding steroid dienone is 1. The van der Waals surface area contributed by atoms with Crippen LogP contribution in [0.1, 0.15) is 27.0 Å². The topological polar surface area (TPSA) is 42.3 Å². The van der Waals surface area contributed by atoms with Crippen LogP contribution in [0.4, 0.5) is 0 Å². The summed E-state index contributed by atoms with van der Waals surface area (Å²) in [5, 5.41) is 0. The number of benzene rings is 1. The molecule has 0 saturated heterocycles. The number of carbonyl (C=O) groups excluding carboxylic acids is 1. The Hall–Kier alpha value is -2.62. The quantitative estimate of drug-likeness (QED) is 0.871. The van der Waals surface area contributed by atoms with Crippen molar-refractivity contribution < 1.29 is 4.79 Å². The molecule has 1 amide bonds. The van der Waals surface area contributed by atoms with Crippen molar-refractivity contribution in [2.45, 2.75) is 13.0 Å². The first-order valence-corrected chi connectivity index (χ1v) is 7.26. The molecule has 0 saturated carbocycles. The fraction of sp³-hybridized carbons (Fsp3) is 0.222. The van der Waals surface area contributed by atoms with Gasteiger partial charge in [0.2, 0.25) is 0 Å². The van der Waals surface area contributed by atoms with Gasteiger partial charge in [0.15, 0.2) is 0 Å². The van der Waals surface area contributed by atoms with E-state index >= 15 is 0 Å². The molecule has 3 rings (SSSR count). The summed E-state index contributed by atoms with van der Waals surface area (Å²) in [5.74, 6) is -0.0674. The molecule has 0 bridgehead atoms. The van der Waals surface area contributed by atoms with E-state index in [1.807, 2.05) is 42.5 Å². The van der Waals surface area contributed by atoms with Crippen LogP contribution in [-0.2, 0) is 20.0 Å². The highest BCUT2D eigenvalue weighted by Gasteiger charge is 2.22. The van der Waals surface area contributed by atoms with Crippen LogP contribution in [0.5, 0.6) is 0 Å². The van der Waals surface area contributed by atoms with Gasteiger partial charge in [0.05, 0.1) is 5.56 Å². The number of aromatic nitrogens is 1. The van der Waals surface area contributed by atoms with Gasteiger partial charge in [-0.3, -0.25) is 9.59 Å². The van der Waals surface area contributed by atoms with Gasteiger partial charge in [-0.1, -0.05) is 42.5 Å². The van der Waals surface area contributed by atoms with E-state index in [9.17, 15) is 9.59 Å². The van der Waals surface area contributed by atoms with E-state index in [1.165, 1.54) is 4.57 Å². The van der Waals surface area contributed by atoms with E-state index in [4.69, 9.17) is 0 Å². The minimum atomic E-state index is -0.0674. The summed E-state index contributed by atoms with van der Waals surface area (Å²) in [6, 6.07) is 9.86. The summed E-state index contributed by atoms with van der Waals surface area (Å²) < 4.78 is 1.50. The summed E-state index contributed by atoms with van der Waals surface area (Å²) in [4.78, 5) is 26.5. The van der Waals surface area contributed by atoms with Gasteiger partial charge in [-0.05, 0) is 17.5 Å². The van der Waals surface area contributed by atoms with Crippen molar-refractivity contribution >= 4 is 12.0 Å². The minimum absolute atomic E-state index is 0.0257. The molecule has 0 N–H and O–H groups in total. The maximum atomic E-state index is 12.7. The smallest absolute Gasteiger partial charge is 0.256 e. The molecule has 0 unspecified atom stereocenters. The highest BCUT2D eigenvalue weighted by atomic mass is 16.2. The second kappa shape index (κ2) is 5.64. The van der Waals surface area contributed by atoms with Crippen LogP contribution in [-0.4, -0.2) is 22.4 Å². The van der Waals surface area contributed by atoms with Gasteiger partial charge >= 0.3 is 0 Å². The Morgan fingerprint density at radius 2 is 2.00 bits per heavy atom. The third-order valence-corrected chi connectivity index (χ3v) is 3.96. The normalized spacial score (nSPS) is 12.3. The van der Waals surface area contributed by atoms with Crippen molar-refractivity contribution in [1.29, 1.82) is 0 Å². The SMILES string of the molecule is CN(Cc1ccccc1)C(=O)c1cn(C)c(=O)c2c1C=CC2. The maximum absolute atomic E-state index is 12.7.